The Balaban J connectivity index is 2.31. The van der Waals surface area contributed by atoms with Gasteiger partial charge in [-0.1, -0.05) is 0 Å². The number of allylic oxidation sites excluding steroid dienone is 1. The lowest BCUT2D eigenvalue weighted by molar-refractivity contribution is 0.264. The van der Waals surface area contributed by atoms with Crippen LogP contribution in [0.25, 0.3) is 0 Å². The smallest absolute Gasteiger partial charge is 0.111 e. The van der Waals surface area contributed by atoms with Crippen molar-refractivity contribution in [2.75, 3.05) is 6.61 Å². The first-order valence-electron chi connectivity index (χ1n) is 2.97. The van der Waals surface area contributed by atoms with E-state index < -0.39 is 0 Å². The second kappa shape index (κ2) is 1.72. The van der Waals surface area contributed by atoms with Crippen LogP contribution in [-0.2, 0) is 4.74 Å². The van der Waals surface area contributed by atoms with E-state index in [1.54, 1.807) is 6.26 Å². The van der Waals surface area contributed by atoms with Crippen LogP contribution in [0.3, 0.4) is 0 Å². The summed E-state index contributed by atoms with van der Waals surface area (Å²) in [7, 11) is 0. The van der Waals surface area contributed by atoms with Gasteiger partial charge in [0.05, 0.1) is 12.3 Å². The number of aliphatic imine (C=N–C) groups is 1. The Kier molecular flexibility index (Phi) is 0.918. The molecule has 9 heavy (non-hydrogen) atoms. The van der Waals surface area contributed by atoms with Crippen molar-refractivity contribution in [1.29, 1.82) is 0 Å². The third-order valence-corrected chi connectivity index (χ3v) is 1.52. The molecule has 1 atom stereocenters. The molecule has 0 aromatic carbocycles. The van der Waals surface area contributed by atoms with Crippen LogP contribution in [0.5, 0.6) is 0 Å². The molecular formula is C7H7NO. The predicted molar refractivity (Wildman–Crippen MR) is 35.5 cm³/mol. The normalized spacial score (nSPS) is 29.3. The number of ether oxygens (including phenoxy) is 1. The zero-order valence-electron chi connectivity index (χ0n) is 4.95. The van der Waals surface area contributed by atoms with Gasteiger partial charge >= 0.3 is 0 Å². The van der Waals surface area contributed by atoms with Crippen LogP contribution in [-0.4, -0.2) is 18.9 Å². The maximum absolute atomic E-state index is 5.05. The van der Waals surface area contributed by atoms with Gasteiger partial charge in [0.1, 0.15) is 6.61 Å². The summed E-state index contributed by atoms with van der Waals surface area (Å²) in [5, 5.41) is 0. The van der Waals surface area contributed by atoms with Crippen molar-refractivity contribution in [3.8, 4) is 0 Å². The van der Waals surface area contributed by atoms with E-state index in [1.807, 2.05) is 18.4 Å². The summed E-state index contributed by atoms with van der Waals surface area (Å²) in [4.78, 5) is 4.17. The van der Waals surface area contributed by atoms with Crippen molar-refractivity contribution in [3.05, 3.63) is 24.0 Å². The summed E-state index contributed by atoms with van der Waals surface area (Å²) in [5.41, 5.74) is 1.26. The van der Waals surface area contributed by atoms with E-state index in [-0.39, 0.29) is 0 Å². The molecule has 0 bridgehead atoms. The second-order valence-electron chi connectivity index (χ2n) is 2.12. The average Bonchev–Trinajstić information content (AvgIpc) is 2.33. The Bertz CT molecular complexity index is 203. The maximum atomic E-state index is 5.05. The van der Waals surface area contributed by atoms with E-state index in [0.717, 1.165) is 0 Å². The molecule has 0 spiro atoms. The van der Waals surface area contributed by atoms with E-state index in [1.165, 1.54) is 5.57 Å². The average molecular weight is 121 g/mol. The van der Waals surface area contributed by atoms with Crippen molar-refractivity contribution in [2.24, 2.45) is 4.99 Å². The Hall–Kier alpha value is -1.05. The molecule has 2 heteroatoms. The minimum atomic E-state index is 0.291. The van der Waals surface area contributed by atoms with E-state index in [4.69, 9.17) is 4.74 Å². The van der Waals surface area contributed by atoms with Crippen LogP contribution in [0.1, 0.15) is 0 Å². The van der Waals surface area contributed by atoms with Gasteiger partial charge in [0.25, 0.3) is 0 Å². The van der Waals surface area contributed by atoms with Crippen molar-refractivity contribution < 1.29 is 4.74 Å². The molecule has 2 nitrogen and oxygen atoms in total. The topological polar surface area (TPSA) is 21.6 Å². The summed E-state index contributed by atoms with van der Waals surface area (Å²) in [6.45, 7) is 0.709. The molecule has 0 aromatic heterocycles. The van der Waals surface area contributed by atoms with Crippen molar-refractivity contribution >= 4 is 6.21 Å². The van der Waals surface area contributed by atoms with E-state index >= 15 is 0 Å². The molecule has 0 amide bonds. The van der Waals surface area contributed by atoms with Gasteiger partial charge in [-0.05, 0) is 17.7 Å². The Labute approximate surface area is 53.5 Å². The summed E-state index contributed by atoms with van der Waals surface area (Å²) in [6, 6.07) is 0.291. The quantitative estimate of drug-likeness (QED) is 0.466. The maximum Gasteiger partial charge on any atom is 0.111 e. The van der Waals surface area contributed by atoms with Crippen LogP contribution in [0, 0.1) is 0 Å². The molecule has 0 aliphatic carbocycles. The van der Waals surface area contributed by atoms with Crippen molar-refractivity contribution in [2.45, 2.75) is 6.04 Å². The minimum Gasteiger partial charge on any atom is -0.497 e. The van der Waals surface area contributed by atoms with Gasteiger partial charge < -0.3 is 4.74 Å². The van der Waals surface area contributed by atoms with Gasteiger partial charge in [-0.2, -0.15) is 0 Å². The molecule has 0 saturated heterocycles. The first-order valence-corrected chi connectivity index (χ1v) is 2.97. The number of hydrogen-bond donors (Lipinski definition) is 0. The molecule has 2 rings (SSSR count). The number of nitrogens with zero attached hydrogens (tertiary/aromatic N) is 1. The molecule has 0 radical (unpaired) electrons. The highest BCUT2D eigenvalue weighted by Gasteiger charge is 2.15. The molecule has 0 N–H and O–H groups in total. The van der Waals surface area contributed by atoms with Crippen LogP contribution in [0.2, 0.25) is 0 Å². The molecule has 2 heterocycles. The number of fused-ring (bicyclic) bond motifs is 1. The lowest BCUT2D eigenvalue weighted by Gasteiger charge is -2.12. The Morgan fingerprint density at radius 1 is 1.67 bits per heavy atom. The van der Waals surface area contributed by atoms with E-state index in [2.05, 4.69) is 4.99 Å². The number of rotatable bonds is 0. The van der Waals surface area contributed by atoms with E-state index in [0.29, 0.717) is 12.6 Å². The van der Waals surface area contributed by atoms with Crippen LogP contribution in [0.4, 0.5) is 0 Å². The molecule has 0 aromatic rings. The predicted octanol–water partition coefficient (Wildman–Crippen LogP) is 0.910. The van der Waals surface area contributed by atoms with Crippen LogP contribution >= 0.6 is 0 Å². The minimum absolute atomic E-state index is 0.291. The summed E-state index contributed by atoms with van der Waals surface area (Å²) in [6.07, 6.45) is 7.51. The Morgan fingerprint density at radius 3 is 3.56 bits per heavy atom. The van der Waals surface area contributed by atoms with Gasteiger partial charge in [0.2, 0.25) is 0 Å². The largest absolute Gasteiger partial charge is 0.497 e. The van der Waals surface area contributed by atoms with Crippen molar-refractivity contribution in [3.63, 3.8) is 0 Å². The zero-order valence-corrected chi connectivity index (χ0v) is 4.95. The second-order valence-corrected chi connectivity index (χ2v) is 2.12. The van der Waals surface area contributed by atoms with Gasteiger partial charge in [0, 0.05) is 6.21 Å². The fourth-order valence-electron chi connectivity index (χ4n) is 1.01. The highest BCUT2D eigenvalue weighted by molar-refractivity contribution is 5.76. The molecule has 0 fully saturated rings. The fraction of sp³-hybridized carbons (Fsp3) is 0.286. The monoisotopic (exact) mass is 121 g/mol. The SMILES string of the molecule is C1=CC2N=CC=C2CO1. The lowest BCUT2D eigenvalue weighted by Crippen LogP contribution is -2.10. The van der Waals surface area contributed by atoms with Gasteiger partial charge in [-0.15, -0.1) is 0 Å². The zero-order chi connectivity index (χ0) is 6.10. The third-order valence-electron chi connectivity index (χ3n) is 1.52. The highest BCUT2D eigenvalue weighted by atomic mass is 16.5. The Morgan fingerprint density at radius 2 is 2.67 bits per heavy atom. The standard InChI is InChI=1S/C7H7NO/c1-3-8-7-2-4-9-5-6(1)7/h1-4,7H,5H2. The third kappa shape index (κ3) is 0.669. The van der Waals surface area contributed by atoms with Crippen LogP contribution < -0.4 is 0 Å². The van der Waals surface area contributed by atoms with Gasteiger partial charge in [0.15, 0.2) is 0 Å². The molecule has 0 saturated carbocycles. The highest BCUT2D eigenvalue weighted by Crippen LogP contribution is 2.16. The summed E-state index contributed by atoms with van der Waals surface area (Å²) < 4.78 is 5.05. The molecule has 46 valence electrons. The molecule has 2 aliphatic rings. The van der Waals surface area contributed by atoms with Gasteiger partial charge in [-0.25, -0.2) is 0 Å². The van der Waals surface area contributed by atoms with Crippen LogP contribution in [0.15, 0.2) is 29.0 Å². The first kappa shape index (κ1) is 4.79. The lowest BCUT2D eigenvalue weighted by atomic mass is 10.1. The van der Waals surface area contributed by atoms with E-state index in [9.17, 15) is 0 Å². The van der Waals surface area contributed by atoms with Gasteiger partial charge in [-0.3, -0.25) is 4.99 Å². The number of hydrogen-bond acceptors (Lipinski definition) is 2. The molecular weight excluding hydrogens is 114 g/mol. The van der Waals surface area contributed by atoms with Crippen molar-refractivity contribution in [1.82, 2.24) is 0 Å². The fourth-order valence-corrected chi connectivity index (χ4v) is 1.01. The summed E-state index contributed by atoms with van der Waals surface area (Å²) in [5.74, 6) is 0. The molecule has 1 unspecified atom stereocenters. The summed E-state index contributed by atoms with van der Waals surface area (Å²) >= 11 is 0. The molecule has 2 aliphatic heterocycles. The first-order chi connectivity index (χ1) is 4.47.